The number of nitrogens with two attached hydrogens (primary N) is 1. The van der Waals surface area contributed by atoms with Gasteiger partial charge in [-0.2, -0.15) is 4.31 Å². The van der Waals surface area contributed by atoms with Crippen LogP contribution in [0.15, 0.2) is 54.6 Å². The Morgan fingerprint density at radius 3 is 2.52 bits per heavy atom. The van der Waals surface area contributed by atoms with Crippen LogP contribution in [0.1, 0.15) is 17.0 Å². The molecule has 3 rings (SSSR count). The van der Waals surface area contributed by atoms with Crippen LogP contribution < -0.4 is 10.5 Å². The van der Waals surface area contributed by atoms with Crippen LogP contribution in [-0.2, 0) is 15.8 Å². The first-order chi connectivity index (χ1) is 11.5. The summed E-state index contributed by atoms with van der Waals surface area (Å²) >= 11 is 0. The number of halogens is 1. The lowest BCUT2D eigenvalue weighted by molar-refractivity contribution is 0.414. The zero-order valence-electron chi connectivity index (χ0n) is 14.0. The molecule has 1 heterocycles. The van der Waals surface area contributed by atoms with Crippen LogP contribution in [0.3, 0.4) is 0 Å². The third-order valence-corrected chi connectivity index (χ3v) is 6.22. The lowest BCUT2D eigenvalue weighted by atomic mass is 9.95. The van der Waals surface area contributed by atoms with Gasteiger partial charge in [-0.05, 0) is 23.3 Å². The van der Waals surface area contributed by atoms with E-state index in [0.29, 0.717) is 24.4 Å². The van der Waals surface area contributed by atoms with Crippen LogP contribution in [0.5, 0.6) is 5.75 Å². The number of methoxy groups -OCH3 is 1. The third-order valence-electron chi connectivity index (χ3n) is 4.44. The molecule has 0 unspecified atom stereocenters. The van der Waals surface area contributed by atoms with Crippen molar-refractivity contribution in [3.8, 4) is 5.75 Å². The number of hydrogen-bond donors (Lipinski definition) is 1. The molecule has 1 aliphatic rings. The largest absolute Gasteiger partial charge is 0.497 e. The zero-order chi connectivity index (χ0) is 17.2. The van der Waals surface area contributed by atoms with E-state index in [-0.39, 0.29) is 30.1 Å². The van der Waals surface area contributed by atoms with Gasteiger partial charge < -0.3 is 10.5 Å². The summed E-state index contributed by atoms with van der Waals surface area (Å²) in [5.74, 6) is 0.646. The van der Waals surface area contributed by atoms with Crippen LogP contribution in [0.25, 0.3) is 0 Å². The molecule has 5 nitrogen and oxygen atoms in total. The van der Waals surface area contributed by atoms with Crippen molar-refractivity contribution in [3.05, 3.63) is 65.7 Å². The number of sulfonamides is 1. The van der Waals surface area contributed by atoms with Gasteiger partial charge in [-0.15, -0.1) is 12.4 Å². The summed E-state index contributed by atoms with van der Waals surface area (Å²) in [5, 5.41) is 0. The second kappa shape index (κ2) is 8.19. The predicted octanol–water partition coefficient (Wildman–Crippen LogP) is 2.37. The SMILES string of the molecule is COc1cccc(CS(=O)(=O)N2C[C@@H](N)[C@H](c3ccccc3)C2)c1.Cl. The molecule has 0 amide bonds. The minimum atomic E-state index is -3.41. The average molecular weight is 383 g/mol. The van der Waals surface area contributed by atoms with Crippen molar-refractivity contribution in [2.75, 3.05) is 20.2 Å². The summed E-state index contributed by atoms with van der Waals surface area (Å²) in [4.78, 5) is 0. The summed E-state index contributed by atoms with van der Waals surface area (Å²) in [7, 11) is -1.85. The van der Waals surface area contributed by atoms with E-state index >= 15 is 0 Å². The summed E-state index contributed by atoms with van der Waals surface area (Å²) in [6, 6.07) is 16.8. The molecule has 136 valence electrons. The molecule has 1 aliphatic heterocycles. The monoisotopic (exact) mass is 382 g/mol. The van der Waals surface area contributed by atoms with E-state index in [0.717, 1.165) is 5.56 Å². The Morgan fingerprint density at radius 1 is 1.12 bits per heavy atom. The van der Waals surface area contributed by atoms with Crippen LogP contribution in [0.2, 0.25) is 0 Å². The van der Waals surface area contributed by atoms with Crippen LogP contribution in [-0.4, -0.2) is 39.0 Å². The molecule has 0 aliphatic carbocycles. The molecule has 0 spiro atoms. The summed E-state index contributed by atoms with van der Waals surface area (Å²) in [6.07, 6.45) is 0. The number of nitrogens with zero attached hydrogens (tertiary/aromatic N) is 1. The highest BCUT2D eigenvalue weighted by Crippen LogP contribution is 2.29. The first-order valence-electron chi connectivity index (χ1n) is 7.91. The molecule has 2 aromatic carbocycles. The lowest BCUT2D eigenvalue weighted by Crippen LogP contribution is -2.33. The standard InChI is InChI=1S/C18H22N2O3S.ClH/c1-23-16-9-5-6-14(10-16)13-24(21,22)20-11-17(18(19)12-20)15-7-3-2-4-8-15;/h2-10,17-18H,11-13,19H2,1H3;1H/t17-,18+;/m0./s1. The van der Waals surface area contributed by atoms with Crippen molar-refractivity contribution in [1.82, 2.24) is 4.31 Å². The molecule has 2 atom stereocenters. The van der Waals surface area contributed by atoms with Crippen molar-refractivity contribution in [1.29, 1.82) is 0 Å². The normalized spacial score (nSPS) is 20.9. The Bertz CT molecular complexity index is 799. The fourth-order valence-electron chi connectivity index (χ4n) is 3.14. The minimum Gasteiger partial charge on any atom is -0.497 e. The van der Waals surface area contributed by atoms with Gasteiger partial charge in [-0.3, -0.25) is 0 Å². The van der Waals surface area contributed by atoms with Gasteiger partial charge >= 0.3 is 0 Å². The quantitative estimate of drug-likeness (QED) is 0.861. The van der Waals surface area contributed by atoms with Crippen molar-refractivity contribution in [2.24, 2.45) is 5.73 Å². The van der Waals surface area contributed by atoms with E-state index in [1.54, 1.807) is 31.4 Å². The molecule has 0 aromatic heterocycles. The number of ether oxygens (including phenoxy) is 1. The second-order valence-corrected chi connectivity index (χ2v) is 8.07. The maximum atomic E-state index is 12.8. The smallest absolute Gasteiger partial charge is 0.218 e. The Kier molecular flexibility index (Phi) is 6.46. The third kappa shape index (κ3) is 4.52. The highest BCUT2D eigenvalue weighted by atomic mass is 35.5. The highest BCUT2D eigenvalue weighted by molar-refractivity contribution is 7.88. The van der Waals surface area contributed by atoms with Gasteiger partial charge in [0.05, 0.1) is 12.9 Å². The molecule has 25 heavy (non-hydrogen) atoms. The van der Waals surface area contributed by atoms with Crippen molar-refractivity contribution < 1.29 is 13.2 Å². The first-order valence-corrected chi connectivity index (χ1v) is 9.52. The van der Waals surface area contributed by atoms with E-state index in [9.17, 15) is 8.42 Å². The molecule has 1 fully saturated rings. The fourth-order valence-corrected chi connectivity index (χ4v) is 4.71. The summed E-state index contributed by atoms with van der Waals surface area (Å²) in [6.45, 7) is 0.781. The summed E-state index contributed by atoms with van der Waals surface area (Å²) < 4.78 is 32.2. The highest BCUT2D eigenvalue weighted by Gasteiger charge is 2.37. The van der Waals surface area contributed by atoms with Gasteiger partial charge in [0.2, 0.25) is 10.0 Å². The number of rotatable bonds is 5. The van der Waals surface area contributed by atoms with E-state index in [1.807, 2.05) is 30.3 Å². The Hall–Kier alpha value is -1.60. The van der Waals surface area contributed by atoms with Crippen LogP contribution in [0.4, 0.5) is 0 Å². The number of hydrogen-bond acceptors (Lipinski definition) is 4. The first kappa shape index (κ1) is 19.7. The van der Waals surface area contributed by atoms with Crippen LogP contribution >= 0.6 is 12.4 Å². The van der Waals surface area contributed by atoms with Gasteiger partial charge in [0.1, 0.15) is 5.75 Å². The molecule has 2 N–H and O–H groups in total. The fraction of sp³-hybridized carbons (Fsp3) is 0.333. The molecule has 0 bridgehead atoms. The molecular formula is C18H23ClN2O3S. The molecule has 0 radical (unpaired) electrons. The molecule has 2 aromatic rings. The van der Waals surface area contributed by atoms with Crippen molar-refractivity contribution in [2.45, 2.75) is 17.7 Å². The summed E-state index contributed by atoms with van der Waals surface area (Å²) in [5.41, 5.74) is 8.01. The minimum absolute atomic E-state index is 0. The molecule has 1 saturated heterocycles. The second-order valence-electron chi connectivity index (χ2n) is 6.11. The van der Waals surface area contributed by atoms with Crippen LogP contribution in [0, 0.1) is 0 Å². The molecule has 7 heteroatoms. The Balaban J connectivity index is 0.00000225. The lowest BCUT2D eigenvalue weighted by Gasteiger charge is -2.17. The molecule has 0 saturated carbocycles. The predicted molar refractivity (Wildman–Crippen MR) is 102 cm³/mol. The van der Waals surface area contributed by atoms with Gasteiger partial charge in [-0.25, -0.2) is 8.42 Å². The average Bonchev–Trinajstić information content (AvgIpc) is 2.98. The van der Waals surface area contributed by atoms with E-state index in [4.69, 9.17) is 10.5 Å². The van der Waals surface area contributed by atoms with E-state index in [2.05, 4.69) is 0 Å². The van der Waals surface area contributed by atoms with Gasteiger partial charge in [-0.1, -0.05) is 42.5 Å². The van der Waals surface area contributed by atoms with Gasteiger partial charge in [0, 0.05) is 25.0 Å². The van der Waals surface area contributed by atoms with E-state index < -0.39 is 10.0 Å². The van der Waals surface area contributed by atoms with E-state index in [1.165, 1.54) is 4.31 Å². The maximum absolute atomic E-state index is 12.8. The maximum Gasteiger partial charge on any atom is 0.218 e. The van der Waals surface area contributed by atoms with Gasteiger partial charge in [0.25, 0.3) is 0 Å². The Labute approximate surface area is 155 Å². The zero-order valence-corrected chi connectivity index (χ0v) is 15.7. The Morgan fingerprint density at radius 2 is 1.84 bits per heavy atom. The van der Waals surface area contributed by atoms with Gasteiger partial charge in [0.15, 0.2) is 0 Å². The van der Waals surface area contributed by atoms with Crippen molar-refractivity contribution in [3.63, 3.8) is 0 Å². The topological polar surface area (TPSA) is 72.6 Å². The van der Waals surface area contributed by atoms with Crippen molar-refractivity contribution >= 4 is 22.4 Å². The molecular weight excluding hydrogens is 360 g/mol. The number of benzene rings is 2.